The van der Waals surface area contributed by atoms with Gasteiger partial charge in [0.25, 0.3) is 11.3 Å². The lowest BCUT2D eigenvalue weighted by Crippen LogP contribution is -2.32. The molecule has 0 bridgehead atoms. The minimum Gasteiger partial charge on any atom is -0.377 e. The van der Waals surface area contributed by atoms with Crippen LogP contribution >= 0.6 is 23.2 Å². The minimum atomic E-state index is -4.17. The summed E-state index contributed by atoms with van der Waals surface area (Å²) in [5, 5.41) is 0. The molecule has 0 N–H and O–H groups in total. The minimum absolute atomic E-state index is 0.450. The van der Waals surface area contributed by atoms with Gasteiger partial charge in [0.15, 0.2) is 0 Å². The third-order valence-electron chi connectivity index (χ3n) is 1.55. The molecule has 2 atom stereocenters. The van der Waals surface area contributed by atoms with Crippen LogP contribution in [0.15, 0.2) is 0 Å². The average Bonchev–Trinajstić information content (AvgIpc) is 2.27. The van der Waals surface area contributed by atoms with Crippen LogP contribution in [0.4, 0.5) is 26.3 Å². The van der Waals surface area contributed by atoms with Crippen LogP contribution in [0.2, 0.25) is 0 Å². The maximum absolute atomic E-state index is 12.4. The number of hydrogen-bond donors (Lipinski definition) is 0. The number of hydrogen-bond acceptors (Lipinski definition) is 3. The van der Waals surface area contributed by atoms with Gasteiger partial charge < -0.3 is 14.2 Å². The molecule has 3 nitrogen and oxygen atoms in total. The molecule has 0 amide bonds. The van der Waals surface area contributed by atoms with Crippen LogP contribution in [-0.2, 0) is 14.2 Å². The van der Waals surface area contributed by atoms with E-state index in [0.717, 1.165) is 0 Å². The zero-order chi connectivity index (χ0) is 15.1. The predicted molar refractivity (Wildman–Crippen MR) is 54.1 cm³/mol. The SMILES string of the molecule is FC(Cl)C(F)(F)OCCOCCOC(F)(F)C(F)Cl. The van der Waals surface area contributed by atoms with Crippen molar-refractivity contribution in [2.45, 2.75) is 23.5 Å². The van der Waals surface area contributed by atoms with Crippen molar-refractivity contribution in [1.82, 2.24) is 0 Å². The van der Waals surface area contributed by atoms with Gasteiger partial charge in [0.1, 0.15) is 0 Å². The summed E-state index contributed by atoms with van der Waals surface area (Å²) in [4.78, 5) is 0. The highest BCUT2D eigenvalue weighted by Gasteiger charge is 2.41. The van der Waals surface area contributed by atoms with Gasteiger partial charge in [-0.3, -0.25) is 0 Å². The van der Waals surface area contributed by atoms with E-state index in [1.807, 2.05) is 0 Å². The Labute approximate surface area is 114 Å². The summed E-state index contributed by atoms with van der Waals surface area (Å²) >= 11 is 8.96. The summed E-state index contributed by atoms with van der Waals surface area (Å²) in [6.45, 7) is -2.35. The van der Waals surface area contributed by atoms with Gasteiger partial charge in [0.2, 0.25) is 0 Å². The number of ether oxygens (including phenoxy) is 3. The highest BCUT2D eigenvalue weighted by atomic mass is 35.5. The molecule has 0 saturated heterocycles. The standard InChI is InChI=1S/C8H10Cl2F6O3/c9-5(11)7(13,14)18-3-1-17-2-4-19-8(15,16)6(10)12/h5-6H,1-4H2. The topological polar surface area (TPSA) is 27.7 Å². The van der Waals surface area contributed by atoms with Crippen LogP contribution in [0.1, 0.15) is 0 Å². The Bertz CT molecular complexity index is 231. The van der Waals surface area contributed by atoms with Crippen LogP contribution in [0.5, 0.6) is 0 Å². The molecule has 0 saturated carbocycles. The van der Waals surface area contributed by atoms with Gasteiger partial charge in [-0.25, -0.2) is 8.78 Å². The molecule has 116 valence electrons. The van der Waals surface area contributed by atoms with Gasteiger partial charge in [0, 0.05) is 0 Å². The van der Waals surface area contributed by atoms with Crippen molar-refractivity contribution in [3.05, 3.63) is 0 Å². The molecule has 11 heteroatoms. The molecule has 0 heterocycles. The fourth-order valence-electron chi connectivity index (χ4n) is 0.701. The van der Waals surface area contributed by atoms with Gasteiger partial charge >= 0.3 is 12.2 Å². The van der Waals surface area contributed by atoms with Crippen molar-refractivity contribution in [3.63, 3.8) is 0 Å². The molecule has 19 heavy (non-hydrogen) atoms. The number of halogens is 8. The zero-order valence-corrected chi connectivity index (χ0v) is 10.7. The van der Waals surface area contributed by atoms with E-state index in [1.165, 1.54) is 0 Å². The van der Waals surface area contributed by atoms with Crippen molar-refractivity contribution in [1.29, 1.82) is 0 Å². The second kappa shape index (κ2) is 8.35. The van der Waals surface area contributed by atoms with Gasteiger partial charge in [0.05, 0.1) is 26.4 Å². The van der Waals surface area contributed by atoms with Crippen molar-refractivity contribution < 1.29 is 40.6 Å². The van der Waals surface area contributed by atoms with E-state index in [4.69, 9.17) is 0 Å². The monoisotopic (exact) mass is 338 g/mol. The Morgan fingerprint density at radius 2 is 1.05 bits per heavy atom. The van der Waals surface area contributed by atoms with Crippen molar-refractivity contribution in [3.8, 4) is 0 Å². The van der Waals surface area contributed by atoms with Crippen LogP contribution < -0.4 is 0 Å². The predicted octanol–water partition coefficient (Wildman–Crippen LogP) is 3.29. The van der Waals surface area contributed by atoms with E-state index < -0.39 is 49.9 Å². The molecule has 0 aromatic carbocycles. The smallest absolute Gasteiger partial charge is 0.377 e. The Kier molecular flexibility index (Phi) is 8.37. The summed E-state index contributed by atoms with van der Waals surface area (Å²) in [6.07, 6.45) is -8.34. The van der Waals surface area contributed by atoms with Gasteiger partial charge in [-0.05, 0) is 0 Å². The summed E-state index contributed by atoms with van der Waals surface area (Å²) in [7, 11) is 0. The highest BCUT2D eigenvalue weighted by molar-refractivity contribution is 6.20. The number of rotatable bonds is 10. The lowest BCUT2D eigenvalue weighted by molar-refractivity contribution is -0.267. The van der Waals surface area contributed by atoms with E-state index >= 15 is 0 Å². The first-order valence-corrected chi connectivity index (χ1v) is 5.64. The van der Waals surface area contributed by atoms with E-state index in [2.05, 4.69) is 37.4 Å². The largest absolute Gasteiger partial charge is 0.401 e. The molecule has 0 aromatic rings. The Balaban J connectivity index is 3.57. The second-order valence-electron chi connectivity index (χ2n) is 3.03. The number of alkyl halides is 8. The molecule has 0 fully saturated rings. The molecular weight excluding hydrogens is 329 g/mol. The van der Waals surface area contributed by atoms with Crippen LogP contribution in [0.25, 0.3) is 0 Å². The maximum Gasteiger partial charge on any atom is 0.401 e. The lowest BCUT2D eigenvalue weighted by atomic mass is 10.6. The summed E-state index contributed by atoms with van der Waals surface area (Å²) < 4.78 is 85.7. The zero-order valence-electron chi connectivity index (χ0n) is 9.23. The summed E-state index contributed by atoms with van der Waals surface area (Å²) in [5.74, 6) is 0. The summed E-state index contributed by atoms with van der Waals surface area (Å²) in [5.41, 5.74) is -6.03. The first-order chi connectivity index (χ1) is 8.59. The van der Waals surface area contributed by atoms with Crippen molar-refractivity contribution in [2.75, 3.05) is 26.4 Å². The third-order valence-corrected chi connectivity index (χ3v) is 2.06. The normalized spacial score (nSPS) is 16.4. The van der Waals surface area contributed by atoms with E-state index in [0.29, 0.717) is 0 Å². The Morgan fingerprint density at radius 1 is 0.737 bits per heavy atom. The lowest BCUT2D eigenvalue weighted by Gasteiger charge is -2.17. The van der Waals surface area contributed by atoms with Gasteiger partial charge in [-0.2, -0.15) is 17.6 Å². The molecule has 0 spiro atoms. The molecule has 0 rings (SSSR count). The van der Waals surface area contributed by atoms with E-state index in [1.54, 1.807) is 0 Å². The molecular formula is C8H10Cl2F6O3. The van der Waals surface area contributed by atoms with Crippen molar-refractivity contribution in [2.24, 2.45) is 0 Å². The maximum atomic E-state index is 12.4. The second-order valence-corrected chi connectivity index (χ2v) is 3.80. The van der Waals surface area contributed by atoms with E-state index in [9.17, 15) is 26.3 Å². The molecule has 0 aromatic heterocycles. The van der Waals surface area contributed by atoms with Crippen molar-refractivity contribution >= 4 is 23.2 Å². The van der Waals surface area contributed by atoms with Gasteiger partial charge in [-0.1, -0.05) is 23.2 Å². The molecule has 0 radical (unpaired) electrons. The third kappa shape index (κ3) is 8.03. The first kappa shape index (κ1) is 19.0. The van der Waals surface area contributed by atoms with Crippen LogP contribution in [0, 0.1) is 0 Å². The molecule has 0 aliphatic rings. The van der Waals surface area contributed by atoms with E-state index in [-0.39, 0.29) is 0 Å². The molecule has 2 unspecified atom stereocenters. The fourth-order valence-corrected chi connectivity index (χ4v) is 0.827. The van der Waals surface area contributed by atoms with Gasteiger partial charge in [-0.15, -0.1) is 0 Å². The quantitative estimate of drug-likeness (QED) is 0.347. The molecule has 0 aliphatic carbocycles. The highest BCUT2D eigenvalue weighted by Crippen LogP contribution is 2.26. The molecule has 0 aliphatic heterocycles. The Morgan fingerprint density at radius 3 is 1.32 bits per heavy atom. The van der Waals surface area contributed by atoms with Crippen LogP contribution in [-0.4, -0.2) is 49.9 Å². The Hall–Kier alpha value is 0.0400. The fraction of sp³-hybridized carbons (Fsp3) is 1.00. The average molecular weight is 339 g/mol. The van der Waals surface area contributed by atoms with Crippen LogP contribution in [0.3, 0.4) is 0 Å². The first-order valence-electron chi connectivity index (χ1n) is 4.77. The summed E-state index contributed by atoms with van der Waals surface area (Å²) in [6, 6.07) is 0.